The van der Waals surface area contributed by atoms with Gasteiger partial charge in [0.25, 0.3) is 0 Å². The quantitative estimate of drug-likeness (QED) is 0.464. The number of carbonyl (C=O) groups is 2. The molecule has 0 radical (unpaired) electrons. The minimum absolute atomic E-state index is 0.223. The van der Waals surface area contributed by atoms with E-state index in [0.29, 0.717) is 6.42 Å². The van der Waals surface area contributed by atoms with Crippen LogP contribution in [0.25, 0.3) is 0 Å². The average Bonchev–Trinajstić information content (AvgIpc) is 2.50. The van der Waals surface area contributed by atoms with Gasteiger partial charge >= 0.3 is 7.60 Å². The zero-order valence-electron chi connectivity index (χ0n) is 8.14. The predicted octanol–water partition coefficient (Wildman–Crippen LogP) is -1.10. The highest BCUT2D eigenvalue weighted by atomic mass is 31.2. The van der Waals surface area contributed by atoms with Gasteiger partial charge in [-0.05, 0) is 13.3 Å². The van der Waals surface area contributed by atoms with E-state index in [1.807, 2.05) is 0 Å². The molecule has 1 saturated heterocycles. The lowest BCUT2D eigenvalue weighted by Gasteiger charge is -2.17. The molecule has 1 fully saturated rings. The van der Waals surface area contributed by atoms with Crippen molar-refractivity contribution in [2.75, 3.05) is 0 Å². The van der Waals surface area contributed by atoms with E-state index in [0.717, 1.165) is 0 Å². The Balaban J connectivity index is 2.49. The highest BCUT2D eigenvalue weighted by molar-refractivity contribution is 7.52. The van der Waals surface area contributed by atoms with Gasteiger partial charge in [-0.1, -0.05) is 0 Å². The number of hydrogen-bond donors (Lipinski definition) is 4. The highest BCUT2D eigenvalue weighted by Gasteiger charge is 2.31. The Labute approximate surface area is 86.4 Å². The lowest BCUT2D eigenvalue weighted by Crippen LogP contribution is -2.44. The molecular weight excluding hydrogens is 223 g/mol. The molecule has 0 saturated carbocycles. The summed E-state index contributed by atoms with van der Waals surface area (Å²) in [7, 11) is -4.31. The van der Waals surface area contributed by atoms with E-state index in [1.54, 1.807) is 0 Å². The van der Waals surface area contributed by atoms with E-state index in [1.165, 1.54) is 6.92 Å². The molecule has 1 unspecified atom stereocenters. The van der Waals surface area contributed by atoms with Crippen molar-refractivity contribution in [1.82, 2.24) is 10.6 Å². The molecule has 0 aromatic carbocycles. The summed E-state index contributed by atoms with van der Waals surface area (Å²) in [6, 6.07) is -0.675. The van der Waals surface area contributed by atoms with Gasteiger partial charge in [0.1, 0.15) is 11.8 Å². The summed E-state index contributed by atoms with van der Waals surface area (Å²) in [6.07, 6.45) is 0.626. The monoisotopic (exact) mass is 236 g/mol. The van der Waals surface area contributed by atoms with Gasteiger partial charge in [-0.25, -0.2) is 0 Å². The molecule has 15 heavy (non-hydrogen) atoms. The first kappa shape index (κ1) is 12.2. The third-order valence-corrected chi connectivity index (χ3v) is 3.31. The summed E-state index contributed by atoms with van der Waals surface area (Å²) >= 11 is 0. The van der Waals surface area contributed by atoms with Crippen LogP contribution >= 0.6 is 7.60 Å². The van der Waals surface area contributed by atoms with Crippen molar-refractivity contribution in [2.24, 2.45) is 0 Å². The topological polar surface area (TPSA) is 116 Å². The molecule has 86 valence electrons. The van der Waals surface area contributed by atoms with E-state index in [2.05, 4.69) is 10.6 Å². The molecule has 1 aliphatic rings. The first-order chi connectivity index (χ1) is 6.80. The molecule has 8 heteroatoms. The van der Waals surface area contributed by atoms with E-state index < -0.39 is 25.3 Å². The maximum atomic E-state index is 11.4. The zero-order chi connectivity index (χ0) is 11.6. The predicted molar refractivity (Wildman–Crippen MR) is 50.8 cm³/mol. The van der Waals surface area contributed by atoms with Crippen LogP contribution in [0.1, 0.15) is 19.8 Å². The van der Waals surface area contributed by atoms with E-state index in [4.69, 9.17) is 9.79 Å². The van der Waals surface area contributed by atoms with Crippen LogP contribution in [0.3, 0.4) is 0 Å². The second kappa shape index (κ2) is 4.30. The SMILES string of the molecule is CC(NC(=O)[C@@H]1CCC(=O)N1)P(=O)(O)O. The van der Waals surface area contributed by atoms with Crippen LogP contribution in [0.2, 0.25) is 0 Å². The first-order valence-electron chi connectivity index (χ1n) is 4.45. The number of nitrogens with one attached hydrogen (secondary N) is 2. The van der Waals surface area contributed by atoms with Crippen LogP contribution in [0.4, 0.5) is 0 Å². The molecule has 0 bridgehead atoms. The van der Waals surface area contributed by atoms with Gasteiger partial charge in [-0.2, -0.15) is 0 Å². The molecular formula is C7H13N2O5P. The first-order valence-corrected chi connectivity index (χ1v) is 6.14. The number of amides is 2. The van der Waals surface area contributed by atoms with Crippen LogP contribution in [-0.4, -0.2) is 33.4 Å². The molecule has 0 spiro atoms. The second-order valence-corrected chi connectivity index (χ2v) is 5.39. The molecule has 0 aromatic heterocycles. The highest BCUT2D eigenvalue weighted by Crippen LogP contribution is 2.39. The Bertz CT molecular complexity index is 325. The van der Waals surface area contributed by atoms with Crippen molar-refractivity contribution >= 4 is 19.4 Å². The van der Waals surface area contributed by atoms with Crippen molar-refractivity contribution in [1.29, 1.82) is 0 Å². The maximum absolute atomic E-state index is 11.4. The third kappa shape index (κ3) is 3.30. The minimum Gasteiger partial charge on any atom is -0.344 e. The Morgan fingerprint density at radius 1 is 1.67 bits per heavy atom. The summed E-state index contributed by atoms with van der Waals surface area (Å²) in [6.45, 7) is 1.22. The van der Waals surface area contributed by atoms with Gasteiger partial charge in [0.2, 0.25) is 11.8 Å². The van der Waals surface area contributed by atoms with Gasteiger partial charge in [0, 0.05) is 6.42 Å². The van der Waals surface area contributed by atoms with Gasteiger partial charge in [0.05, 0.1) is 0 Å². The third-order valence-electron chi connectivity index (χ3n) is 2.17. The minimum atomic E-state index is -4.31. The van der Waals surface area contributed by atoms with Crippen LogP contribution in [0.15, 0.2) is 0 Å². The van der Waals surface area contributed by atoms with Crippen LogP contribution in [0, 0.1) is 0 Å². The molecule has 2 atom stereocenters. The Morgan fingerprint density at radius 2 is 2.27 bits per heavy atom. The van der Waals surface area contributed by atoms with Gasteiger partial charge in [-0.3, -0.25) is 14.2 Å². The fourth-order valence-electron chi connectivity index (χ4n) is 1.20. The summed E-state index contributed by atoms with van der Waals surface area (Å²) < 4.78 is 10.7. The number of carbonyl (C=O) groups excluding carboxylic acids is 2. The molecule has 1 aliphatic heterocycles. The van der Waals surface area contributed by atoms with Gasteiger partial charge < -0.3 is 20.4 Å². The fraction of sp³-hybridized carbons (Fsp3) is 0.714. The molecule has 4 N–H and O–H groups in total. The Kier molecular flexibility index (Phi) is 3.49. The molecule has 2 amide bonds. The van der Waals surface area contributed by atoms with Crippen molar-refractivity contribution < 1.29 is 23.9 Å². The fourth-order valence-corrected chi connectivity index (χ4v) is 1.50. The van der Waals surface area contributed by atoms with E-state index >= 15 is 0 Å². The van der Waals surface area contributed by atoms with E-state index in [9.17, 15) is 14.2 Å². The Morgan fingerprint density at radius 3 is 2.67 bits per heavy atom. The van der Waals surface area contributed by atoms with Gasteiger partial charge in [0.15, 0.2) is 0 Å². The van der Waals surface area contributed by atoms with Crippen molar-refractivity contribution in [3.05, 3.63) is 0 Å². The molecule has 0 aromatic rings. The van der Waals surface area contributed by atoms with Crippen molar-refractivity contribution in [3.8, 4) is 0 Å². The van der Waals surface area contributed by atoms with Gasteiger partial charge in [-0.15, -0.1) is 0 Å². The van der Waals surface area contributed by atoms with Crippen LogP contribution < -0.4 is 10.6 Å². The maximum Gasteiger partial charge on any atom is 0.347 e. The zero-order valence-corrected chi connectivity index (χ0v) is 9.03. The largest absolute Gasteiger partial charge is 0.347 e. The molecule has 1 rings (SSSR count). The molecule has 1 heterocycles. The van der Waals surface area contributed by atoms with E-state index in [-0.39, 0.29) is 12.3 Å². The molecule has 0 aliphatic carbocycles. The molecule has 7 nitrogen and oxygen atoms in total. The van der Waals surface area contributed by atoms with Crippen molar-refractivity contribution in [2.45, 2.75) is 31.6 Å². The lowest BCUT2D eigenvalue weighted by atomic mass is 10.2. The summed E-state index contributed by atoms with van der Waals surface area (Å²) in [5.41, 5.74) is 0. The number of rotatable bonds is 3. The van der Waals surface area contributed by atoms with Crippen molar-refractivity contribution in [3.63, 3.8) is 0 Å². The van der Waals surface area contributed by atoms with Crippen LogP contribution in [0.5, 0.6) is 0 Å². The second-order valence-electron chi connectivity index (χ2n) is 3.43. The summed E-state index contributed by atoms with van der Waals surface area (Å²) in [5, 5.41) is 4.57. The number of hydrogen-bond acceptors (Lipinski definition) is 3. The average molecular weight is 236 g/mol. The summed E-state index contributed by atoms with van der Waals surface area (Å²) in [4.78, 5) is 39.7. The smallest absolute Gasteiger partial charge is 0.344 e. The normalized spacial score (nSPS) is 23.4. The Hall–Kier alpha value is -0.910. The lowest BCUT2D eigenvalue weighted by molar-refractivity contribution is -0.125. The standard InChI is InChI=1S/C7H13N2O5P/c1-4(15(12,13)14)8-7(11)5-2-3-6(10)9-5/h4-5H,2-3H2,1H3,(H,8,11)(H,9,10)(H2,12,13,14)/t4?,5-/m0/s1. The summed E-state index contributed by atoms with van der Waals surface area (Å²) in [5.74, 6) is -2.02. The van der Waals surface area contributed by atoms with Crippen LogP contribution in [-0.2, 0) is 14.2 Å².